The summed E-state index contributed by atoms with van der Waals surface area (Å²) >= 11 is 0. The van der Waals surface area contributed by atoms with Crippen LogP contribution in [0.1, 0.15) is 0 Å². The van der Waals surface area contributed by atoms with Crippen molar-refractivity contribution in [3.63, 3.8) is 0 Å². The first-order valence-corrected chi connectivity index (χ1v) is 19.3. The number of furan rings is 1. The summed E-state index contributed by atoms with van der Waals surface area (Å²) in [5.41, 5.74) is 13.2. The molecule has 0 fully saturated rings. The molecule has 5 heteroatoms. The summed E-state index contributed by atoms with van der Waals surface area (Å²) in [6, 6.07) is 68.0. The van der Waals surface area contributed by atoms with Crippen LogP contribution in [0, 0.1) is 0 Å². The Hall–Kier alpha value is -7.76. The van der Waals surface area contributed by atoms with E-state index in [0.717, 1.165) is 88.8 Å². The Morgan fingerprint density at radius 2 is 0.860 bits per heavy atom. The van der Waals surface area contributed by atoms with Gasteiger partial charge in [-0.1, -0.05) is 133 Å². The summed E-state index contributed by atoms with van der Waals surface area (Å²) in [6.45, 7) is 0. The van der Waals surface area contributed by atoms with Crippen molar-refractivity contribution >= 4 is 65.6 Å². The number of fused-ring (bicyclic) bond motifs is 12. The predicted octanol–water partition coefficient (Wildman–Crippen LogP) is 13.6. The number of hydrogen-bond acceptors (Lipinski definition) is 3. The molecule has 12 aromatic rings. The zero-order valence-corrected chi connectivity index (χ0v) is 30.7. The average Bonchev–Trinajstić information content (AvgIpc) is 3.95. The van der Waals surface area contributed by atoms with E-state index in [1.165, 1.54) is 16.2 Å². The molecule has 4 aromatic heterocycles. The van der Waals surface area contributed by atoms with Crippen molar-refractivity contribution in [2.75, 3.05) is 0 Å². The number of para-hydroxylation sites is 4. The highest BCUT2D eigenvalue weighted by Gasteiger charge is 2.27. The molecule has 0 radical (unpaired) electrons. The van der Waals surface area contributed by atoms with E-state index in [1.807, 2.05) is 36.4 Å². The molecule has 0 aliphatic rings. The Kier molecular flexibility index (Phi) is 6.86. The van der Waals surface area contributed by atoms with Gasteiger partial charge in [0, 0.05) is 60.4 Å². The normalized spacial score (nSPS) is 11.9. The molecule has 57 heavy (non-hydrogen) atoms. The standard InChI is InChI=1S/C52H32N4O/c1-4-16-33(17-5-1)41-32-42(34-18-6-2-7-19-34)54-52(53-41)35-28-30-37(31-29-35)55-43-25-13-10-22-38(43)46-47-40-24-12-15-27-45(40)57-51(47)50-48(49(46)55)39-23-11-14-26-44(39)56(50)36-20-8-3-9-21-36/h1-32H. The second kappa shape index (κ2) is 12.4. The number of nitrogens with zero attached hydrogens (tertiary/aromatic N) is 4. The zero-order chi connectivity index (χ0) is 37.5. The van der Waals surface area contributed by atoms with E-state index in [4.69, 9.17) is 14.4 Å². The number of benzene rings is 8. The van der Waals surface area contributed by atoms with Gasteiger partial charge in [-0.2, -0.15) is 0 Å². The maximum absolute atomic E-state index is 6.93. The van der Waals surface area contributed by atoms with E-state index in [9.17, 15) is 0 Å². The molecule has 0 bridgehead atoms. The van der Waals surface area contributed by atoms with Crippen molar-refractivity contribution in [1.82, 2.24) is 19.1 Å². The largest absolute Gasteiger partial charge is 0.454 e. The lowest BCUT2D eigenvalue weighted by Gasteiger charge is -2.12. The van der Waals surface area contributed by atoms with Crippen LogP contribution in [0.15, 0.2) is 199 Å². The van der Waals surface area contributed by atoms with E-state index in [2.05, 4.69) is 167 Å². The van der Waals surface area contributed by atoms with Crippen LogP contribution in [0.5, 0.6) is 0 Å². The molecule has 0 saturated carbocycles. The molecule has 12 rings (SSSR count). The summed E-state index contributed by atoms with van der Waals surface area (Å²) in [5.74, 6) is 0.684. The quantitative estimate of drug-likeness (QED) is 0.177. The first kappa shape index (κ1) is 31.6. The lowest BCUT2D eigenvalue weighted by atomic mass is 10.0. The minimum absolute atomic E-state index is 0.684. The molecule has 266 valence electrons. The van der Waals surface area contributed by atoms with Crippen LogP contribution in [-0.4, -0.2) is 19.1 Å². The van der Waals surface area contributed by atoms with Crippen LogP contribution in [0.4, 0.5) is 0 Å². The van der Waals surface area contributed by atoms with E-state index in [1.54, 1.807) is 0 Å². The van der Waals surface area contributed by atoms with Gasteiger partial charge < -0.3 is 13.6 Å². The van der Waals surface area contributed by atoms with Crippen LogP contribution in [0.2, 0.25) is 0 Å². The van der Waals surface area contributed by atoms with Gasteiger partial charge in [-0.3, -0.25) is 0 Å². The van der Waals surface area contributed by atoms with E-state index >= 15 is 0 Å². The van der Waals surface area contributed by atoms with Crippen molar-refractivity contribution in [3.05, 3.63) is 194 Å². The van der Waals surface area contributed by atoms with E-state index < -0.39 is 0 Å². The molecule has 4 heterocycles. The fourth-order valence-corrected chi connectivity index (χ4v) is 8.85. The SMILES string of the molecule is c1ccc(-c2cc(-c3ccccc3)nc(-c3ccc(-n4c5ccccc5c5c6c7ccccc7oc6c6c(c7ccccc7n6-c6ccccc6)c54)cc3)n2)cc1. The Labute approximate surface area is 327 Å². The predicted molar refractivity (Wildman–Crippen MR) is 234 cm³/mol. The first-order chi connectivity index (χ1) is 28.3. The topological polar surface area (TPSA) is 48.8 Å². The minimum Gasteiger partial charge on any atom is -0.454 e. The maximum atomic E-state index is 6.93. The molecule has 0 atom stereocenters. The highest BCUT2D eigenvalue weighted by atomic mass is 16.3. The Balaban J connectivity index is 1.17. The fourth-order valence-electron chi connectivity index (χ4n) is 8.85. The summed E-state index contributed by atoms with van der Waals surface area (Å²) in [6.07, 6.45) is 0. The molecule has 5 nitrogen and oxygen atoms in total. The third-order valence-corrected chi connectivity index (χ3v) is 11.3. The zero-order valence-electron chi connectivity index (χ0n) is 30.7. The highest BCUT2D eigenvalue weighted by Crippen LogP contribution is 2.49. The Bertz CT molecular complexity index is 3430. The molecule has 0 spiro atoms. The van der Waals surface area contributed by atoms with Gasteiger partial charge in [-0.15, -0.1) is 0 Å². The van der Waals surface area contributed by atoms with Gasteiger partial charge in [0.2, 0.25) is 0 Å². The third-order valence-electron chi connectivity index (χ3n) is 11.3. The first-order valence-electron chi connectivity index (χ1n) is 19.3. The van der Waals surface area contributed by atoms with E-state index in [0.29, 0.717) is 5.82 Å². The Morgan fingerprint density at radius 1 is 0.368 bits per heavy atom. The number of hydrogen-bond donors (Lipinski definition) is 0. The van der Waals surface area contributed by atoms with Crippen LogP contribution in [0.25, 0.3) is 111 Å². The number of rotatable bonds is 5. The van der Waals surface area contributed by atoms with Gasteiger partial charge in [0.05, 0.1) is 33.5 Å². The monoisotopic (exact) mass is 728 g/mol. The number of aromatic nitrogens is 4. The highest BCUT2D eigenvalue weighted by molar-refractivity contribution is 6.39. The average molecular weight is 729 g/mol. The molecule has 0 saturated heterocycles. The lowest BCUT2D eigenvalue weighted by molar-refractivity contribution is 0.671. The van der Waals surface area contributed by atoms with Gasteiger partial charge >= 0.3 is 0 Å². The van der Waals surface area contributed by atoms with Crippen LogP contribution in [0.3, 0.4) is 0 Å². The molecular formula is C52H32N4O. The molecule has 0 aliphatic heterocycles. The minimum atomic E-state index is 0.684. The summed E-state index contributed by atoms with van der Waals surface area (Å²) in [7, 11) is 0. The summed E-state index contributed by atoms with van der Waals surface area (Å²) in [4.78, 5) is 10.2. The second-order valence-electron chi connectivity index (χ2n) is 14.5. The van der Waals surface area contributed by atoms with E-state index in [-0.39, 0.29) is 0 Å². The summed E-state index contributed by atoms with van der Waals surface area (Å²) < 4.78 is 11.8. The molecule has 0 unspecified atom stereocenters. The van der Waals surface area contributed by atoms with Crippen molar-refractivity contribution in [1.29, 1.82) is 0 Å². The van der Waals surface area contributed by atoms with Crippen molar-refractivity contribution in [2.24, 2.45) is 0 Å². The molecule has 0 N–H and O–H groups in total. The molecular weight excluding hydrogens is 697 g/mol. The molecule has 0 amide bonds. The van der Waals surface area contributed by atoms with Crippen LogP contribution >= 0.6 is 0 Å². The molecule has 0 aliphatic carbocycles. The molecule has 8 aromatic carbocycles. The van der Waals surface area contributed by atoms with Gasteiger partial charge in [0.25, 0.3) is 0 Å². The van der Waals surface area contributed by atoms with Gasteiger partial charge in [0.1, 0.15) is 5.58 Å². The Morgan fingerprint density at radius 3 is 1.49 bits per heavy atom. The van der Waals surface area contributed by atoms with Crippen molar-refractivity contribution in [3.8, 4) is 45.3 Å². The second-order valence-corrected chi connectivity index (χ2v) is 14.5. The smallest absolute Gasteiger partial charge is 0.160 e. The maximum Gasteiger partial charge on any atom is 0.160 e. The fraction of sp³-hybridized carbons (Fsp3) is 0. The van der Waals surface area contributed by atoms with Crippen LogP contribution in [-0.2, 0) is 0 Å². The summed E-state index contributed by atoms with van der Waals surface area (Å²) in [5, 5.41) is 6.92. The van der Waals surface area contributed by atoms with Gasteiger partial charge in [-0.05, 0) is 60.7 Å². The third kappa shape index (κ3) is 4.76. The van der Waals surface area contributed by atoms with Crippen molar-refractivity contribution in [2.45, 2.75) is 0 Å². The van der Waals surface area contributed by atoms with Crippen LogP contribution < -0.4 is 0 Å². The van der Waals surface area contributed by atoms with Crippen molar-refractivity contribution < 1.29 is 4.42 Å². The lowest BCUT2D eigenvalue weighted by Crippen LogP contribution is -1.98. The van der Waals surface area contributed by atoms with Gasteiger partial charge in [-0.25, -0.2) is 9.97 Å². The van der Waals surface area contributed by atoms with Gasteiger partial charge in [0.15, 0.2) is 11.4 Å².